The second-order valence-corrected chi connectivity index (χ2v) is 8.04. The molecule has 0 aromatic carbocycles. The summed E-state index contributed by atoms with van der Waals surface area (Å²) in [6.45, 7) is 2.78. The zero-order valence-electron chi connectivity index (χ0n) is 19.7. The van der Waals surface area contributed by atoms with Gasteiger partial charge in [0, 0.05) is 34.5 Å². The van der Waals surface area contributed by atoms with E-state index >= 15 is 0 Å². The number of fused-ring (bicyclic) bond motifs is 2. The average molecular weight is 463 g/mol. The highest BCUT2D eigenvalue weighted by atomic mass is 31.2. The van der Waals surface area contributed by atoms with Crippen molar-refractivity contribution in [2.24, 2.45) is 0 Å². The molecule has 1 aromatic rings. The van der Waals surface area contributed by atoms with Crippen LogP contribution in [-0.4, -0.2) is 86.2 Å². The van der Waals surface area contributed by atoms with Crippen molar-refractivity contribution in [3.63, 3.8) is 0 Å². The number of H-pyrrole nitrogens is 1. The number of methoxy groups -OCH3 is 1. The van der Waals surface area contributed by atoms with Crippen LogP contribution >= 0.6 is 8.38 Å². The van der Waals surface area contributed by atoms with Crippen LogP contribution in [0.25, 0.3) is 0 Å². The highest BCUT2D eigenvalue weighted by molar-refractivity contribution is 7.46. The molecule has 0 spiro atoms. The molecule has 2 fully saturated rings. The summed E-state index contributed by atoms with van der Waals surface area (Å²) in [6.07, 6.45) is 0.154. The molecule has 2 saturated heterocycles. The Bertz CT molecular complexity index is 899. The molecule has 0 radical (unpaired) electrons. The van der Waals surface area contributed by atoms with Crippen LogP contribution in [0.3, 0.4) is 0 Å². The van der Waals surface area contributed by atoms with Crippen LogP contribution in [0.4, 0.5) is 0 Å². The van der Waals surface area contributed by atoms with Crippen molar-refractivity contribution in [3.05, 3.63) is 33.1 Å². The quantitative estimate of drug-likeness (QED) is 0.357. The van der Waals surface area contributed by atoms with Crippen molar-refractivity contribution in [2.75, 3.05) is 47.2 Å². The van der Waals surface area contributed by atoms with Crippen LogP contribution in [0.15, 0.2) is 21.9 Å². The minimum atomic E-state index is -1.36. The van der Waals surface area contributed by atoms with Crippen molar-refractivity contribution in [2.45, 2.75) is 37.3 Å². The number of nitrogens with zero attached hydrogens (tertiary/aromatic N) is 3. The van der Waals surface area contributed by atoms with E-state index in [1.54, 1.807) is 18.8 Å². The summed E-state index contributed by atoms with van der Waals surface area (Å²) in [4.78, 5) is 31.9. The van der Waals surface area contributed by atoms with Gasteiger partial charge in [-0.25, -0.2) is 4.79 Å². The zero-order valence-corrected chi connectivity index (χ0v) is 18.6. The van der Waals surface area contributed by atoms with Crippen LogP contribution in [0.2, 0.25) is 0 Å². The zero-order chi connectivity index (χ0) is 24.4. The SMILES string of the molecule is [2H]C[C@@]12CN(OCCOC)[C@@H]([C@H](n3ccc(=O)[nH]c3=O)O1)[C@@H]2OP(C)OCCC#N.[3H]OC. The Hall–Kier alpha value is -1.68. The number of aliphatic hydroxyl groups is 1. The van der Waals surface area contributed by atoms with Crippen LogP contribution in [0.1, 0.15) is 20.9 Å². The Morgan fingerprint density at radius 3 is 2.97 bits per heavy atom. The van der Waals surface area contributed by atoms with E-state index in [-0.39, 0.29) is 33.1 Å². The molecule has 0 aliphatic carbocycles. The lowest BCUT2D eigenvalue weighted by Crippen LogP contribution is -2.47. The Labute approximate surface area is 184 Å². The molecule has 31 heavy (non-hydrogen) atoms. The third-order valence-electron chi connectivity index (χ3n) is 4.65. The monoisotopic (exact) mass is 463 g/mol. The van der Waals surface area contributed by atoms with Crippen molar-refractivity contribution in [3.8, 4) is 6.07 Å². The normalized spacial score (nSPS) is 28.9. The lowest BCUT2D eigenvalue weighted by atomic mass is 10.0. The smallest absolute Gasteiger partial charge is 0.330 e. The molecule has 1 unspecified atom stereocenters. The molecular formula is C18H29N4O8P. The summed E-state index contributed by atoms with van der Waals surface area (Å²) in [6, 6.07) is 2.68. The summed E-state index contributed by atoms with van der Waals surface area (Å²) in [7, 11) is 1.50. The van der Waals surface area contributed by atoms with Crippen LogP contribution in [-0.2, 0) is 23.4 Å². The number of nitriles is 1. The highest BCUT2D eigenvalue weighted by Crippen LogP contribution is 2.52. The molecule has 5 atom stereocenters. The van der Waals surface area contributed by atoms with Gasteiger partial charge in [0.05, 0.1) is 38.9 Å². The number of nitrogens with one attached hydrogen (secondary N) is 1. The second kappa shape index (κ2) is 11.8. The maximum atomic E-state index is 12.4. The molecule has 3 rings (SSSR count). The molecule has 0 amide bonds. The fourth-order valence-corrected chi connectivity index (χ4v) is 4.46. The molecule has 13 heteroatoms. The van der Waals surface area contributed by atoms with E-state index < -0.39 is 43.6 Å². The fraction of sp³-hybridized carbons (Fsp3) is 0.722. The minimum absolute atomic E-state index is 0.131. The number of aliphatic hydroxyl groups excluding tert-OH is 1. The summed E-state index contributed by atoms with van der Waals surface area (Å²) >= 11 is 0. The first-order valence-electron chi connectivity index (χ1n) is 10.6. The molecule has 12 nitrogen and oxygen atoms in total. The Kier molecular flexibility index (Phi) is 8.57. The van der Waals surface area contributed by atoms with Gasteiger partial charge < -0.3 is 23.6 Å². The molecule has 1 aromatic heterocycles. The van der Waals surface area contributed by atoms with Crippen molar-refractivity contribution >= 4 is 8.38 Å². The van der Waals surface area contributed by atoms with E-state index in [1.165, 1.54) is 23.9 Å². The molecule has 0 saturated carbocycles. The first kappa shape index (κ1) is 22.5. The number of hydroxylamine groups is 2. The number of rotatable bonds is 10. The lowest BCUT2D eigenvalue weighted by Gasteiger charge is -2.35. The maximum absolute atomic E-state index is 12.4. The Morgan fingerprint density at radius 2 is 2.32 bits per heavy atom. The van der Waals surface area contributed by atoms with E-state index in [2.05, 4.69) is 10.1 Å². The van der Waals surface area contributed by atoms with Crippen molar-refractivity contribution < 1.29 is 29.8 Å². The predicted molar refractivity (Wildman–Crippen MR) is 110 cm³/mol. The van der Waals surface area contributed by atoms with Crippen LogP contribution in [0, 0.1) is 11.3 Å². The molecule has 2 N–H and O–H groups in total. The Balaban J connectivity index is 0.00000122. The van der Waals surface area contributed by atoms with E-state index in [1.807, 2.05) is 6.07 Å². The number of aromatic nitrogens is 2. The van der Waals surface area contributed by atoms with E-state index in [9.17, 15) is 9.59 Å². The molecule has 3 heterocycles. The standard InChI is InChI=1S/C17H25N4O7P.CH4O/c1-17-11-21(25-10-9-24-2)13(14(17)28-29(3)26-8-4-6-18)15(27-17)20-7-5-12(22)19-16(20)23;1-2/h5,7,13-15H,4,8-11H2,1-3H3,(H,19,22,23);2H,1H3/t13-,14+,15-,17+,29?;/m1./s1/i1D;2T. The summed E-state index contributed by atoms with van der Waals surface area (Å²) < 4.78 is 38.0. The molecule has 2 aliphatic rings. The van der Waals surface area contributed by atoms with Gasteiger partial charge in [-0.15, -0.1) is 0 Å². The number of aromatic amines is 1. The maximum Gasteiger partial charge on any atom is 0.330 e. The Morgan fingerprint density at radius 1 is 1.55 bits per heavy atom. The third-order valence-corrected chi connectivity index (χ3v) is 5.72. The molecule has 2 bridgehead atoms. The van der Waals surface area contributed by atoms with Gasteiger partial charge in [-0.05, 0) is 6.90 Å². The van der Waals surface area contributed by atoms with Gasteiger partial charge in [-0.1, -0.05) is 0 Å². The summed E-state index contributed by atoms with van der Waals surface area (Å²) in [5.41, 5.74) is -2.19. The predicted octanol–water partition coefficient (Wildman–Crippen LogP) is -0.0480. The number of morpholine rings is 1. The van der Waals surface area contributed by atoms with Crippen LogP contribution in [0.5, 0.6) is 0 Å². The molecule has 174 valence electrons. The average Bonchev–Trinajstić information content (AvgIpc) is 3.24. The van der Waals surface area contributed by atoms with Gasteiger partial charge in [0.15, 0.2) is 14.6 Å². The molecular weight excluding hydrogens is 431 g/mol. The largest absolute Gasteiger partial charge is 0.400 e. The molecule has 2 aliphatic heterocycles. The highest BCUT2D eigenvalue weighted by Gasteiger charge is 2.64. The van der Waals surface area contributed by atoms with Crippen molar-refractivity contribution in [1.82, 2.24) is 14.6 Å². The van der Waals surface area contributed by atoms with Crippen LogP contribution < -0.4 is 11.2 Å². The minimum Gasteiger partial charge on any atom is -0.400 e. The third kappa shape index (κ3) is 5.97. The van der Waals surface area contributed by atoms with E-state index in [0.717, 1.165) is 0 Å². The number of ether oxygens (including phenoxy) is 2. The van der Waals surface area contributed by atoms with Crippen molar-refractivity contribution in [1.29, 1.82) is 6.69 Å². The topological polar surface area (TPSA) is 148 Å². The van der Waals surface area contributed by atoms with Gasteiger partial charge in [0.1, 0.15) is 17.7 Å². The summed E-state index contributed by atoms with van der Waals surface area (Å²) in [5.74, 6) is 0. The number of hydrogen-bond acceptors (Lipinski definition) is 10. The van der Waals surface area contributed by atoms with Gasteiger partial charge in [-0.2, -0.15) is 10.3 Å². The van der Waals surface area contributed by atoms with E-state index in [4.69, 9.17) is 31.4 Å². The fourth-order valence-electron chi connectivity index (χ4n) is 3.41. The number of hydrogen-bond donors (Lipinski definition) is 2. The van der Waals surface area contributed by atoms with Gasteiger partial charge in [0.2, 0.25) is 1.43 Å². The second-order valence-electron chi connectivity index (χ2n) is 6.69. The lowest BCUT2D eigenvalue weighted by molar-refractivity contribution is -0.249. The first-order chi connectivity index (χ1) is 15.9. The van der Waals surface area contributed by atoms with Gasteiger partial charge >= 0.3 is 5.69 Å². The summed E-state index contributed by atoms with van der Waals surface area (Å²) in [5, 5.41) is 13.8. The first-order valence-corrected chi connectivity index (χ1v) is 11.1. The van der Waals surface area contributed by atoms with Gasteiger partial charge in [-0.3, -0.25) is 19.2 Å². The van der Waals surface area contributed by atoms with Gasteiger partial charge in [0.25, 0.3) is 5.56 Å². The van der Waals surface area contributed by atoms with E-state index in [0.29, 0.717) is 6.61 Å².